The largest absolute Gasteiger partial charge is 0.314 e. The minimum absolute atomic E-state index is 0.435. The molecule has 0 aliphatic carbocycles. The van der Waals surface area contributed by atoms with Crippen molar-refractivity contribution in [1.82, 2.24) is 19.2 Å². The molecule has 0 saturated heterocycles. The maximum atomic E-state index is 11.9. The Bertz CT molecular complexity index is 320. The van der Waals surface area contributed by atoms with Gasteiger partial charge in [0.2, 0.25) is 0 Å². The molecule has 0 aromatic rings. The molecule has 0 heterocycles. The molecule has 7 heteroatoms. The lowest BCUT2D eigenvalue weighted by molar-refractivity contribution is 0.354. The number of hydrogen-bond donors (Lipinski definition) is 2. The Hall–Kier alpha value is -0.210. The van der Waals surface area contributed by atoms with Gasteiger partial charge in [0.1, 0.15) is 0 Å². The summed E-state index contributed by atoms with van der Waals surface area (Å²) in [4.78, 5) is 2.06. The lowest BCUT2D eigenvalue weighted by Crippen LogP contribution is -2.42. The van der Waals surface area contributed by atoms with Crippen molar-refractivity contribution in [3.63, 3.8) is 0 Å². The van der Waals surface area contributed by atoms with E-state index in [0.717, 1.165) is 26.1 Å². The van der Waals surface area contributed by atoms with Crippen LogP contribution in [0.3, 0.4) is 0 Å². The van der Waals surface area contributed by atoms with Crippen molar-refractivity contribution in [2.24, 2.45) is 0 Å². The zero-order valence-electron chi connectivity index (χ0n) is 12.9. The third-order valence-corrected chi connectivity index (χ3v) is 4.50. The van der Waals surface area contributed by atoms with Gasteiger partial charge in [0.25, 0.3) is 10.2 Å². The predicted octanol–water partition coefficient (Wildman–Crippen LogP) is 0.0924. The second-order valence-electron chi connectivity index (χ2n) is 5.08. The topological polar surface area (TPSA) is 64.7 Å². The summed E-state index contributed by atoms with van der Waals surface area (Å²) in [7, 11) is 0.244. The van der Waals surface area contributed by atoms with Gasteiger partial charge >= 0.3 is 0 Å². The summed E-state index contributed by atoms with van der Waals surface area (Å²) in [6, 6.07) is 0.435. The Morgan fingerprint density at radius 1 is 1.11 bits per heavy atom. The molecule has 0 aromatic carbocycles. The summed E-state index contributed by atoms with van der Waals surface area (Å²) in [6.45, 7) is 9.63. The molecule has 0 bridgehead atoms. The first kappa shape index (κ1) is 18.8. The lowest BCUT2D eigenvalue weighted by Gasteiger charge is -2.19. The van der Waals surface area contributed by atoms with Crippen LogP contribution in [0, 0.1) is 0 Å². The number of nitrogens with zero attached hydrogens (tertiary/aromatic N) is 2. The zero-order chi connectivity index (χ0) is 14.9. The molecule has 19 heavy (non-hydrogen) atoms. The fourth-order valence-electron chi connectivity index (χ4n) is 1.45. The van der Waals surface area contributed by atoms with Gasteiger partial charge in [-0.15, -0.1) is 0 Å². The van der Waals surface area contributed by atoms with Crippen molar-refractivity contribution < 1.29 is 8.42 Å². The Morgan fingerprint density at radius 2 is 1.74 bits per heavy atom. The van der Waals surface area contributed by atoms with E-state index in [-0.39, 0.29) is 0 Å². The molecule has 0 unspecified atom stereocenters. The first-order valence-electron chi connectivity index (χ1n) is 6.92. The Labute approximate surface area is 118 Å². The van der Waals surface area contributed by atoms with Gasteiger partial charge in [-0.1, -0.05) is 20.8 Å². The van der Waals surface area contributed by atoms with E-state index in [0.29, 0.717) is 19.1 Å². The van der Waals surface area contributed by atoms with Crippen LogP contribution < -0.4 is 10.0 Å². The predicted molar refractivity (Wildman–Crippen MR) is 80.5 cm³/mol. The summed E-state index contributed by atoms with van der Waals surface area (Å²) in [5.41, 5.74) is 0. The van der Waals surface area contributed by atoms with Crippen molar-refractivity contribution in [3.05, 3.63) is 0 Å². The average Bonchev–Trinajstić information content (AvgIpc) is 2.33. The molecule has 0 amide bonds. The molecule has 0 spiro atoms. The van der Waals surface area contributed by atoms with E-state index < -0.39 is 10.2 Å². The fourth-order valence-corrected chi connectivity index (χ4v) is 2.39. The lowest BCUT2D eigenvalue weighted by atomic mass is 10.3. The maximum absolute atomic E-state index is 11.9. The number of hydrogen-bond acceptors (Lipinski definition) is 4. The van der Waals surface area contributed by atoms with Crippen molar-refractivity contribution >= 4 is 10.2 Å². The van der Waals surface area contributed by atoms with Crippen LogP contribution in [-0.4, -0.2) is 70.5 Å². The second kappa shape index (κ2) is 9.66. The molecule has 0 aliphatic rings. The standard InChI is InChI=1S/C12H30N4O2S/c1-6-15(4)11-9-14-19(17,18)16(5)10-7-8-13-12(2)3/h12-14H,6-11H2,1-5H3. The average molecular weight is 294 g/mol. The van der Waals surface area contributed by atoms with Crippen LogP contribution in [0.25, 0.3) is 0 Å². The van der Waals surface area contributed by atoms with E-state index in [2.05, 4.69) is 28.8 Å². The van der Waals surface area contributed by atoms with Crippen LogP contribution >= 0.6 is 0 Å². The summed E-state index contributed by atoms with van der Waals surface area (Å²) < 4.78 is 27.8. The monoisotopic (exact) mass is 294 g/mol. The number of rotatable bonds is 11. The van der Waals surface area contributed by atoms with Crippen molar-refractivity contribution in [2.75, 3.05) is 46.8 Å². The first-order chi connectivity index (χ1) is 8.79. The van der Waals surface area contributed by atoms with E-state index >= 15 is 0 Å². The van der Waals surface area contributed by atoms with Crippen molar-refractivity contribution in [3.8, 4) is 0 Å². The quantitative estimate of drug-likeness (QED) is 0.530. The van der Waals surface area contributed by atoms with Crippen LogP contribution in [-0.2, 0) is 10.2 Å². The molecular formula is C12H30N4O2S. The molecule has 0 aromatic heterocycles. The van der Waals surface area contributed by atoms with Gasteiger partial charge in [0, 0.05) is 32.7 Å². The van der Waals surface area contributed by atoms with Crippen LogP contribution in [0.2, 0.25) is 0 Å². The SMILES string of the molecule is CCN(C)CCNS(=O)(=O)N(C)CCCNC(C)C. The highest BCUT2D eigenvalue weighted by Crippen LogP contribution is 1.95. The third kappa shape index (κ3) is 9.34. The highest BCUT2D eigenvalue weighted by Gasteiger charge is 2.16. The molecule has 0 rings (SSSR count). The number of likely N-dealkylation sites (N-methyl/N-ethyl adjacent to an activating group) is 1. The molecule has 116 valence electrons. The van der Waals surface area contributed by atoms with Crippen LogP contribution in [0.5, 0.6) is 0 Å². The first-order valence-corrected chi connectivity index (χ1v) is 8.36. The van der Waals surface area contributed by atoms with E-state index in [9.17, 15) is 8.42 Å². The molecule has 0 atom stereocenters. The Morgan fingerprint density at radius 3 is 2.26 bits per heavy atom. The smallest absolute Gasteiger partial charge is 0.279 e. The minimum Gasteiger partial charge on any atom is -0.314 e. The van der Waals surface area contributed by atoms with E-state index in [1.807, 2.05) is 14.0 Å². The summed E-state index contributed by atoms with van der Waals surface area (Å²) in [5, 5.41) is 3.27. The molecular weight excluding hydrogens is 264 g/mol. The second-order valence-corrected chi connectivity index (χ2v) is 6.94. The molecule has 0 radical (unpaired) electrons. The van der Waals surface area contributed by atoms with Crippen LogP contribution in [0.4, 0.5) is 0 Å². The van der Waals surface area contributed by atoms with Gasteiger partial charge in [0.05, 0.1) is 0 Å². The molecule has 2 N–H and O–H groups in total. The van der Waals surface area contributed by atoms with Crippen molar-refractivity contribution in [1.29, 1.82) is 0 Å². The van der Waals surface area contributed by atoms with Gasteiger partial charge < -0.3 is 10.2 Å². The summed E-state index contributed by atoms with van der Waals surface area (Å²) in [6.07, 6.45) is 0.810. The van der Waals surface area contributed by atoms with Gasteiger partial charge in [-0.25, -0.2) is 4.72 Å². The van der Waals surface area contributed by atoms with Gasteiger partial charge in [0.15, 0.2) is 0 Å². The molecule has 0 aliphatic heterocycles. The van der Waals surface area contributed by atoms with Crippen LogP contribution in [0.15, 0.2) is 0 Å². The van der Waals surface area contributed by atoms with E-state index in [1.54, 1.807) is 7.05 Å². The van der Waals surface area contributed by atoms with Gasteiger partial charge in [-0.05, 0) is 26.6 Å². The summed E-state index contributed by atoms with van der Waals surface area (Å²) >= 11 is 0. The van der Waals surface area contributed by atoms with E-state index in [4.69, 9.17) is 0 Å². The highest BCUT2D eigenvalue weighted by atomic mass is 32.2. The Kier molecular flexibility index (Phi) is 9.55. The van der Waals surface area contributed by atoms with Crippen molar-refractivity contribution in [2.45, 2.75) is 33.2 Å². The highest BCUT2D eigenvalue weighted by molar-refractivity contribution is 7.87. The maximum Gasteiger partial charge on any atom is 0.279 e. The fraction of sp³-hybridized carbons (Fsp3) is 1.00. The Balaban J connectivity index is 3.90. The zero-order valence-corrected chi connectivity index (χ0v) is 13.8. The molecule has 0 saturated carbocycles. The molecule has 0 fully saturated rings. The molecule has 6 nitrogen and oxygen atoms in total. The van der Waals surface area contributed by atoms with Gasteiger partial charge in [-0.2, -0.15) is 12.7 Å². The van der Waals surface area contributed by atoms with E-state index in [1.165, 1.54) is 4.31 Å². The third-order valence-electron chi connectivity index (χ3n) is 2.93. The van der Waals surface area contributed by atoms with Gasteiger partial charge in [-0.3, -0.25) is 0 Å². The minimum atomic E-state index is -3.34. The normalized spacial score (nSPS) is 12.8. The number of nitrogens with one attached hydrogen (secondary N) is 2. The summed E-state index contributed by atoms with van der Waals surface area (Å²) in [5.74, 6) is 0. The van der Waals surface area contributed by atoms with Crippen LogP contribution in [0.1, 0.15) is 27.2 Å².